The summed E-state index contributed by atoms with van der Waals surface area (Å²) in [6.07, 6.45) is 3.94. The summed E-state index contributed by atoms with van der Waals surface area (Å²) in [7, 11) is 0. The third-order valence-corrected chi connectivity index (χ3v) is 7.09. The van der Waals surface area contributed by atoms with Crippen LogP contribution in [0.1, 0.15) is 51.4 Å². The van der Waals surface area contributed by atoms with Crippen molar-refractivity contribution in [3.63, 3.8) is 0 Å². The lowest BCUT2D eigenvalue weighted by Gasteiger charge is -2.26. The van der Waals surface area contributed by atoms with Gasteiger partial charge in [0, 0.05) is 12.2 Å². The molecule has 3 aromatic rings. The van der Waals surface area contributed by atoms with Crippen LogP contribution in [0.2, 0.25) is 5.02 Å². The van der Waals surface area contributed by atoms with Gasteiger partial charge in [0.05, 0.1) is 27.8 Å². The van der Waals surface area contributed by atoms with Crippen LogP contribution in [0.15, 0.2) is 35.7 Å². The van der Waals surface area contributed by atoms with Gasteiger partial charge in [-0.15, -0.1) is 11.3 Å². The zero-order valence-corrected chi connectivity index (χ0v) is 19.0. The molecule has 0 atom stereocenters. The Bertz CT molecular complexity index is 1020. The molecule has 0 aliphatic carbocycles. The van der Waals surface area contributed by atoms with Crippen molar-refractivity contribution in [1.29, 1.82) is 0 Å². The summed E-state index contributed by atoms with van der Waals surface area (Å²) in [6.45, 7) is 7.81. The minimum absolute atomic E-state index is 0.0820. The summed E-state index contributed by atoms with van der Waals surface area (Å²) in [5, 5.41) is 10.2. The van der Waals surface area contributed by atoms with E-state index in [-0.39, 0.29) is 5.91 Å². The van der Waals surface area contributed by atoms with E-state index in [4.69, 9.17) is 11.6 Å². The van der Waals surface area contributed by atoms with Crippen LogP contribution >= 0.6 is 22.9 Å². The summed E-state index contributed by atoms with van der Waals surface area (Å²) < 4.78 is 1.88. The quantitative estimate of drug-likeness (QED) is 0.548. The lowest BCUT2D eigenvalue weighted by Crippen LogP contribution is -2.29. The van der Waals surface area contributed by atoms with E-state index >= 15 is 0 Å². The number of thiophene rings is 1. The van der Waals surface area contributed by atoms with Crippen molar-refractivity contribution < 1.29 is 4.79 Å². The molecule has 0 saturated carbocycles. The van der Waals surface area contributed by atoms with Gasteiger partial charge in [0.25, 0.3) is 5.91 Å². The minimum atomic E-state index is -0.0820. The van der Waals surface area contributed by atoms with E-state index < -0.39 is 0 Å². The highest BCUT2D eigenvalue weighted by molar-refractivity contribution is 7.12. The molecule has 1 N–H and O–H groups in total. The molecule has 0 spiro atoms. The number of halogens is 1. The van der Waals surface area contributed by atoms with Gasteiger partial charge in [-0.05, 0) is 74.5 Å². The first-order valence-electron chi connectivity index (χ1n) is 10.4. The number of nitrogens with one attached hydrogen (secondary N) is 1. The van der Waals surface area contributed by atoms with Crippen LogP contribution in [0.5, 0.6) is 0 Å². The van der Waals surface area contributed by atoms with Gasteiger partial charge in [0.2, 0.25) is 0 Å². The number of nitrogens with zero attached hydrogens (tertiary/aromatic N) is 3. The number of carbonyl (C=O) groups excluding carboxylic acids is 1. The fraction of sp³-hybridized carbons (Fsp3) is 0.391. The second-order valence-electron chi connectivity index (χ2n) is 7.95. The number of benzene rings is 1. The fourth-order valence-electron chi connectivity index (χ4n) is 3.84. The Morgan fingerprint density at radius 3 is 2.50 bits per heavy atom. The smallest absolute Gasteiger partial charge is 0.265 e. The van der Waals surface area contributed by atoms with Gasteiger partial charge < -0.3 is 5.32 Å². The van der Waals surface area contributed by atoms with Gasteiger partial charge in [0.1, 0.15) is 0 Å². The molecule has 2 aromatic heterocycles. The van der Waals surface area contributed by atoms with Crippen LogP contribution in [0.3, 0.4) is 0 Å². The van der Waals surface area contributed by atoms with Gasteiger partial charge in [0.15, 0.2) is 0 Å². The summed E-state index contributed by atoms with van der Waals surface area (Å²) in [4.78, 5) is 15.8. The Morgan fingerprint density at radius 1 is 1.10 bits per heavy atom. The van der Waals surface area contributed by atoms with Crippen LogP contribution in [-0.4, -0.2) is 33.7 Å². The fourth-order valence-corrected chi connectivity index (χ4v) is 4.78. The molecular weight excluding hydrogens is 416 g/mol. The third-order valence-electron chi connectivity index (χ3n) is 5.57. The topological polar surface area (TPSA) is 50.2 Å². The van der Waals surface area contributed by atoms with E-state index in [0.29, 0.717) is 16.4 Å². The summed E-state index contributed by atoms with van der Waals surface area (Å²) >= 11 is 7.68. The SMILES string of the molecule is Cc1nn(Cc2csc(C(=O)Nc3ccc(CN4CCCCC4)cc3)c2)c(C)c1Cl. The van der Waals surface area contributed by atoms with Crippen molar-refractivity contribution in [3.05, 3.63) is 68.1 Å². The molecular formula is C23H27ClN4OS. The first kappa shape index (κ1) is 21.1. The molecule has 4 rings (SSSR count). The molecule has 3 heterocycles. The number of likely N-dealkylation sites (tertiary alicyclic amines) is 1. The molecule has 30 heavy (non-hydrogen) atoms. The van der Waals surface area contributed by atoms with Gasteiger partial charge >= 0.3 is 0 Å². The maximum Gasteiger partial charge on any atom is 0.265 e. The first-order chi connectivity index (χ1) is 14.5. The van der Waals surface area contributed by atoms with E-state index in [9.17, 15) is 4.79 Å². The largest absolute Gasteiger partial charge is 0.321 e. The van der Waals surface area contributed by atoms with Crippen LogP contribution < -0.4 is 5.32 Å². The van der Waals surface area contributed by atoms with Crippen LogP contribution in [0.4, 0.5) is 5.69 Å². The van der Waals surface area contributed by atoms with Gasteiger partial charge in [-0.2, -0.15) is 5.10 Å². The molecule has 7 heteroatoms. The number of aromatic nitrogens is 2. The average Bonchev–Trinajstić information content (AvgIpc) is 3.31. The number of hydrogen-bond donors (Lipinski definition) is 1. The Kier molecular flexibility index (Phi) is 6.56. The minimum Gasteiger partial charge on any atom is -0.321 e. The number of aryl methyl sites for hydroxylation is 1. The van der Waals surface area contributed by atoms with Crippen molar-refractivity contribution in [2.45, 2.75) is 46.2 Å². The highest BCUT2D eigenvalue weighted by atomic mass is 35.5. The summed E-state index contributed by atoms with van der Waals surface area (Å²) in [6, 6.07) is 10.1. The maximum atomic E-state index is 12.7. The number of anilines is 1. The maximum absolute atomic E-state index is 12.7. The zero-order chi connectivity index (χ0) is 21.1. The highest BCUT2D eigenvalue weighted by Gasteiger charge is 2.14. The normalized spacial score (nSPS) is 14.8. The van der Waals surface area contributed by atoms with E-state index in [0.717, 1.165) is 29.2 Å². The molecule has 1 aliphatic rings. The van der Waals surface area contributed by atoms with Crippen molar-refractivity contribution in [2.75, 3.05) is 18.4 Å². The molecule has 1 fully saturated rings. The summed E-state index contributed by atoms with van der Waals surface area (Å²) in [5.74, 6) is -0.0820. The Hall–Kier alpha value is -2.15. The average molecular weight is 443 g/mol. The molecule has 0 radical (unpaired) electrons. The van der Waals surface area contributed by atoms with E-state index in [1.54, 1.807) is 0 Å². The van der Waals surface area contributed by atoms with Crippen molar-refractivity contribution in [2.24, 2.45) is 0 Å². The molecule has 5 nitrogen and oxygen atoms in total. The van der Waals surface area contributed by atoms with Crippen molar-refractivity contribution in [1.82, 2.24) is 14.7 Å². The Labute approximate surface area is 186 Å². The number of hydrogen-bond acceptors (Lipinski definition) is 4. The molecule has 1 aromatic carbocycles. The van der Waals surface area contributed by atoms with E-state index in [1.165, 1.54) is 49.3 Å². The Balaban J connectivity index is 1.35. The highest BCUT2D eigenvalue weighted by Crippen LogP contribution is 2.23. The molecule has 1 saturated heterocycles. The predicted octanol–water partition coefficient (Wildman–Crippen LogP) is 5.50. The number of carbonyl (C=O) groups is 1. The molecule has 1 aliphatic heterocycles. The molecule has 1 amide bonds. The lowest BCUT2D eigenvalue weighted by molar-refractivity contribution is 0.103. The zero-order valence-electron chi connectivity index (χ0n) is 17.4. The molecule has 0 unspecified atom stereocenters. The van der Waals surface area contributed by atoms with Gasteiger partial charge in [-0.25, -0.2) is 0 Å². The second-order valence-corrected chi connectivity index (χ2v) is 9.24. The van der Waals surface area contributed by atoms with Crippen molar-refractivity contribution in [3.8, 4) is 0 Å². The van der Waals surface area contributed by atoms with E-state index in [2.05, 4.69) is 27.4 Å². The van der Waals surface area contributed by atoms with Gasteiger partial charge in [-0.3, -0.25) is 14.4 Å². The molecule has 158 valence electrons. The Morgan fingerprint density at radius 2 is 1.83 bits per heavy atom. The van der Waals surface area contributed by atoms with Crippen LogP contribution in [0.25, 0.3) is 0 Å². The number of amides is 1. The number of rotatable bonds is 6. The predicted molar refractivity (Wildman–Crippen MR) is 124 cm³/mol. The monoisotopic (exact) mass is 442 g/mol. The second kappa shape index (κ2) is 9.33. The lowest BCUT2D eigenvalue weighted by atomic mass is 10.1. The molecule has 0 bridgehead atoms. The standard InChI is InChI=1S/C23H27ClN4OS/c1-16-22(24)17(2)28(26-16)14-19-12-21(30-15-19)23(29)25-20-8-6-18(7-9-20)13-27-10-4-3-5-11-27/h6-9,12,15H,3-5,10-11,13-14H2,1-2H3,(H,25,29). The van der Waals surface area contributed by atoms with Gasteiger partial charge in [-0.1, -0.05) is 30.2 Å². The van der Waals surface area contributed by atoms with Crippen molar-refractivity contribution >= 4 is 34.5 Å². The van der Waals surface area contributed by atoms with Crippen LogP contribution in [0, 0.1) is 13.8 Å². The summed E-state index contributed by atoms with van der Waals surface area (Å²) in [5.41, 5.74) is 4.92. The number of piperidine rings is 1. The van der Waals surface area contributed by atoms with E-state index in [1.807, 2.05) is 42.1 Å². The van der Waals surface area contributed by atoms with Crippen LogP contribution in [-0.2, 0) is 13.1 Å². The first-order valence-corrected chi connectivity index (χ1v) is 11.6. The third kappa shape index (κ3) is 4.94.